The van der Waals surface area contributed by atoms with E-state index in [2.05, 4.69) is 35.5 Å². The number of nitrogens with one attached hydrogen (secondary N) is 1. The summed E-state index contributed by atoms with van der Waals surface area (Å²) in [6, 6.07) is 7.18. The van der Waals surface area contributed by atoms with Crippen LogP contribution in [0.4, 0.5) is 0 Å². The van der Waals surface area contributed by atoms with Gasteiger partial charge in [-0.1, -0.05) is 6.07 Å². The quantitative estimate of drug-likeness (QED) is 0.814. The molecule has 116 valence electrons. The number of hydrogen-bond acceptors (Lipinski definition) is 3. The molecule has 3 nitrogen and oxygen atoms in total. The molecule has 0 aromatic heterocycles. The number of benzene rings is 1. The topological polar surface area (TPSA) is 24.5 Å². The van der Waals surface area contributed by atoms with E-state index in [4.69, 9.17) is 4.74 Å². The van der Waals surface area contributed by atoms with E-state index in [1.54, 1.807) is 0 Å². The minimum atomic E-state index is 0.526. The minimum absolute atomic E-state index is 0.526. The molecule has 0 spiro atoms. The van der Waals surface area contributed by atoms with Gasteiger partial charge in [0.25, 0.3) is 0 Å². The molecule has 3 heteroatoms. The Bertz CT molecular complexity index is 455. The summed E-state index contributed by atoms with van der Waals surface area (Å²) in [7, 11) is 2.06. The first kappa shape index (κ1) is 14.9. The molecule has 1 heterocycles. The lowest BCUT2D eigenvalue weighted by Crippen LogP contribution is -2.22. The molecule has 1 fully saturated rings. The lowest BCUT2D eigenvalue weighted by Gasteiger charge is -2.25. The summed E-state index contributed by atoms with van der Waals surface area (Å²) in [5.74, 6) is 1.05. The van der Waals surface area contributed by atoms with Gasteiger partial charge < -0.3 is 15.0 Å². The number of ether oxygens (including phenoxy) is 1. The second-order valence-corrected chi connectivity index (χ2v) is 6.34. The lowest BCUT2D eigenvalue weighted by atomic mass is 9.87. The molecule has 1 N–H and O–H groups in total. The maximum Gasteiger partial charge on any atom is 0.119 e. The molecular formula is C18H28N2O. The summed E-state index contributed by atoms with van der Waals surface area (Å²) in [4.78, 5) is 2.55. The van der Waals surface area contributed by atoms with Crippen LogP contribution in [0, 0.1) is 0 Å². The molecule has 0 saturated carbocycles. The Labute approximate surface area is 128 Å². The van der Waals surface area contributed by atoms with E-state index < -0.39 is 0 Å². The highest BCUT2D eigenvalue weighted by molar-refractivity contribution is 5.39. The smallest absolute Gasteiger partial charge is 0.119 e. The van der Waals surface area contributed by atoms with E-state index in [1.165, 1.54) is 62.9 Å². The molecule has 1 atom stereocenters. The van der Waals surface area contributed by atoms with Gasteiger partial charge in [-0.2, -0.15) is 0 Å². The van der Waals surface area contributed by atoms with Crippen LogP contribution in [0.3, 0.4) is 0 Å². The van der Waals surface area contributed by atoms with Gasteiger partial charge >= 0.3 is 0 Å². The molecule has 1 aliphatic heterocycles. The van der Waals surface area contributed by atoms with E-state index in [0.717, 1.165) is 18.8 Å². The molecule has 1 aromatic rings. The summed E-state index contributed by atoms with van der Waals surface area (Å²) in [5.41, 5.74) is 2.94. The molecule has 1 unspecified atom stereocenters. The van der Waals surface area contributed by atoms with Gasteiger partial charge in [-0.15, -0.1) is 0 Å². The molecule has 1 aromatic carbocycles. The van der Waals surface area contributed by atoms with Crippen LogP contribution < -0.4 is 10.1 Å². The Hall–Kier alpha value is -1.06. The Morgan fingerprint density at radius 2 is 2.10 bits per heavy atom. The van der Waals surface area contributed by atoms with Crippen molar-refractivity contribution in [1.29, 1.82) is 0 Å². The van der Waals surface area contributed by atoms with Crippen LogP contribution in [0.25, 0.3) is 0 Å². The van der Waals surface area contributed by atoms with Crippen molar-refractivity contribution in [2.45, 2.75) is 44.6 Å². The summed E-state index contributed by atoms with van der Waals surface area (Å²) in [6.07, 6.45) is 7.60. The predicted molar refractivity (Wildman–Crippen MR) is 87.0 cm³/mol. The molecule has 0 radical (unpaired) electrons. The Morgan fingerprint density at radius 1 is 1.24 bits per heavy atom. The summed E-state index contributed by atoms with van der Waals surface area (Å²) in [5, 5.41) is 3.42. The van der Waals surface area contributed by atoms with Gasteiger partial charge in [0, 0.05) is 12.6 Å². The highest BCUT2D eigenvalue weighted by atomic mass is 16.5. The van der Waals surface area contributed by atoms with Crippen LogP contribution in [0.5, 0.6) is 5.75 Å². The van der Waals surface area contributed by atoms with E-state index in [0.29, 0.717) is 6.04 Å². The van der Waals surface area contributed by atoms with Gasteiger partial charge in [0.2, 0.25) is 0 Å². The first-order chi connectivity index (χ1) is 10.4. The summed E-state index contributed by atoms with van der Waals surface area (Å²) in [6.45, 7) is 4.59. The standard InChI is InChI=1S/C18H28N2O/c1-19-18-7-4-6-15-14-16(8-9-17(15)18)21-13-5-12-20-10-2-3-11-20/h8-9,14,18-19H,2-7,10-13H2,1H3. The normalized spacial score (nSPS) is 22.2. The number of nitrogens with zero attached hydrogens (tertiary/aromatic N) is 1. The van der Waals surface area contributed by atoms with E-state index in [-0.39, 0.29) is 0 Å². The van der Waals surface area contributed by atoms with E-state index in [1.807, 2.05) is 0 Å². The highest BCUT2D eigenvalue weighted by Gasteiger charge is 2.18. The summed E-state index contributed by atoms with van der Waals surface area (Å²) >= 11 is 0. The Kier molecular flexibility index (Phi) is 5.15. The van der Waals surface area contributed by atoms with Crippen LogP contribution in [-0.4, -0.2) is 38.2 Å². The zero-order valence-corrected chi connectivity index (χ0v) is 13.2. The number of likely N-dealkylation sites (tertiary alicyclic amines) is 1. The van der Waals surface area contributed by atoms with Crippen molar-refractivity contribution in [2.24, 2.45) is 0 Å². The first-order valence-corrected chi connectivity index (χ1v) is 8.52. The lowest BCUT2D eigenvalue weighted by molar-refractivity contribution is 0.263. The number of fused-ring (bicyclic) bond motifs is 1. The monoisotopic (exact) mass is 288 g/mol. The van der Waals surface area contributed by atoms with Crippen molar-refractivity contribution >= 4 is 0 Å². The van der Waals surface area contributed by atoms with Gasteiger partial charge in [0.05, 0.1) is 6.61 Å². The fourth-order valence-electron chi connectivity index (χ4n) is 3.66. The third-order valence-corrected chi connectivity index (χ3v) is 4.86. The van der Waals surface area contributed by atoms with Crippen molar-refractivity contribution in [2.75, 3.05) is 33.3 Å². The first-order valence-electron chi connectivity index (χ1n) is 8.52. The van der Waals surface area contributed by atoms with Crippen LogP contribution in [0.2, 0.25) is 0 Å². The fraction of sp³-hybridized carbons (Fsp3) is 0.667. The van der Waals surface area contributed by atoms with Crippen LogP contribution in [-0.2, 0) is 6.42 Å². The van der Waals surface area contributed by atoms with Crippen molar-refractivity contribution in [3.63, 3.8) is 0 Å². The fourth-order valence-corrected chi connectivity index (χ4v) is 3.66. The maximum atomic E-state index is 5.95. The average molecular weight is 288 g/mol. The predicted octanol–water partition coefficient (Wildman–Crippen LogP) is 3.15. The van der Waals surface area contributed by atoms with Gasteiger partial charge in [0.1, 0.15) is 5.75 Å². The zero-order valence-electron chi connectivity index (χ0n) is 13.2. The molecule has 1 aliphatic carbocycles. The van der Waals surface area contributed by atoms with Crippen molar-refractivity contribution < 1.29 is 4.74 Å². The van der Waals surface area contributed by atoms with Crippen LogP contribution in [0.1, 0.15) is 49.3 Å². The number of rotatable bonds is 6. The highest BCUT2D eigenvalue weighted by Crippen LogP contribution is 2.31. The van der Waals surface area contributed by atoms with Crippen molar-refractivity contribution in [1.82, 2.24) is 10.2 Å². The number of aryl methyl sites for hydroxylation is 1. The van der Waals surface area contributed by atoms with Gasteiger partial charge in [-0.05, 0) is 81.9 Å². The van der Waals surface area contributed by atoms with Crippen molar-refractivity contribution in [3.8, 4) is 5.75 Å². The third kappa shape index (κ3) is 3.78. The molecule has 1 saturated heterocycles. The van der Waals surface area contributed by atoms with E-state index in [9.17, 15) is 0 Å². The van der Waals surface area contributed by atoms with Gasteiger partial charge in [0.15, 0.2) is 0 Å². The molecule has 0 amide bonds. The van der Waals surface area contributed by atoms with Gasteiger partial charge in [-0.3, -0.25) is 0 Å². The average Bonchev–Trinajstić information content (AvgIpc) is 3.04. The van der Waals surface area contributed by atoms with Gasteiger partial charge in [-0.25, -0.2) is 0 Å². The Morgan fingerprint density at radius 3 is 2.90 bits per heavy atom. The zero-order chi connectivity index (χ0) is 14.5. The largest absolute Gasteiger partial charge is 0.494 e. The molecular weight excluding hydrogens is 260 g/mol. The third-order valence-electron chi connectivity index (χ3n) is 4.86. The maximum absolute atomic E-state index is 5.95. The molecule has 3 rings (SSSR count). The molecule has 0 bridgehead atoms. The Balaban J connectivity index is 1.49. The second-order valence-electron chi connectivity index (χ2n) is 6.34. The molecule has 21 heavy (non-hydrogen) atoms. The SMILES string of the molecule is CNC1CCCc2cc(OCCCN3CCCC3)ccc21. The minimum Gasteiger partial charge on any atom is -0.494 e. The summed E-state index contributed by atoms with van der Waals surface area (Å²) < 4.78 is 5.95. The van der Waals surface area contributed by atoms with Crippen molar-refractivity contribution in [3.05, 3.63) is 29.3 Å². The number of hydrogen-bond donors (Lipinski definition) is 1. The van der Waals surface area contributed by atoms with E-state index >= 15 is 0 Å². The van der Waals surface area contributed by atoms with Crippen LogP contribution >= 0.6 is 0 Å². The molecule has 2 aliphatic rings. The van der Waals surface area contributed by atoms with Crippen LogP contribution in [0.15, 0.2) is 18.2 Å². The second kappa shape index (κ2) is 7.28.